The monoisotopic (exact) mass is 459 g/mol. The molecule has 0 radical (unpaired) electrons. The van der Waals surface area contributed by atoms with Crippen LogP contribution in [-0.4, -0.2) is 34.7 Å². The van der Waals surface area contributed by atoms with Crippen molar-refractivity contribution in [3.8, 4) is 11.3 Å². The molecule has 34 heavy (non-hydrogen) atoms. The summed E-state index contributed by atoms with van der Waals surface area (Å²) in [5.74, 6) is 0.447. The van der Waals surface area contributed by atoms with Crippen molar-refractivity contribution in [3.63, 3.8) is 0 Å². The van der Waals surface area contributed by atoms with Crippen molar-refractivity contribution in [3.05, 3.63) is 93.9 Å². The van der Waals surface area contributed by atoms with Crippen LogP contribution in [0.25, 0.3) is 17.4 Å². The van der Waals surface area contributed by atoms with Crippen LogP contribution < -0.4 is 5.32 Å². The van der Waals surface area contributed by atoms with Gasteiger partial charge in [0.05, 0.1) is 10.5 Å². The number of hydrogen-bond acceptors (Lipinski definition) is 5. The fourth-order valence-corrected chi connectivity index (χ4v) is 3.88. The van der Waals surface area contributed by atoms with E-state index in [9.17, 15) is 19.7 Å². The Hall–Kier alpha value is -4.20. The third-order valence-electron chi connectivity index (χ3n) is 5.87. The highest BCUT2D eigenvalue weighted by atomic mass is 16.6. The second-order valence-corrected chi connectivity index (χ2v) is 8.33. The van der Waals surface area contributed by atoms with Crippen LogP contribution in [0.2, 0.25) is 0 Å². The molecule has 2 amide bonds. The molecule has 0 bridgehead atoms. The first-order valence-electron chi connectivity index (χ1n) is 11.1. The fourth-order valence-electron chi connectivity index (χ4n) is 3.88. The van der Waals surface area contributed by atoms with Crippen LogP contribution in [-0.2, 0) is 4.79 Å². The lowest BCUT2D eigenvalue weighted by atomic mass is 9.99. The number of furan rings is 1. The number of nitro groups is 1. The van der Waals surface area contributed by atoms with Crippen LogP contribution in [0.1, 0.15) is 35.9 Å². The third kappa shape index (κ3) is 5.23. The van der Waals surface area contributed by atoms with Crippen LogP contribution in [0, 0.1) is 16.0 Å². The number of nitro benzene ring substituents is 1. The maximum absolute atomic E-state index is 13.3. The van der Waals surface area contributed by atoms with E-state index in [1.807, 2.05) is 0 Å². The number of carbonyl (C=O) groups excluding carboxylic acids is 2. The number of benzene rings is 2. The Morgan fingerprint density at radius 2 is 1.71 bits per heavy atom. The van der Waals surface area contributed by atoms with Crippen molar-refractivity contribution in [2.24, 2.45) is 5.92 Å². The average Bonchev–Trinajstić information content (AvgIpc) is 3.32. The Kier molecular flexibility index (Phi) is 6.87. The Bertz CT molecular complexity index is 1220. The molecule has 0 atom stereocenters. The van der Waals surface area contributed by atoms with Crippen molar-refractivity contribution in [2.45, 2.75) is 19.8 Å². The molecule has 0 saturated carbocycles. The Balaban J connectivity index is 1.65. The van der Waals surface area contributed by atoms with Crippen LogP contribution in [0.4, 0.5) is 5.69 Å². The minimum atomic E-state index is -0.472. The Labute approximate surface area is 197 Å². The van der Waals surface area contributed by atoms with E-state index in [4.69, 9.17) is 4.42 Å². The largest absolute Gasteiger partial charge is 0.456 e. The van der Waals surface area contributed by atoms with E-state index in [-0.39, 0.29) is 17.3 Å². The molecule has 1 N–H and O–H groups in total. The van der Waals surface area contributed by atoms with Crippen LogP contribution in [0.15, 0.2) is 76.8 Å². The summed E-state index contributed by atoms with van der Waals surface area (Å²) in [6, 6.07) is 18.1. The van der Waals surface area contributed by atoms with E-state index < -0.39 is 10.8 Å². The number of rotatable bonds is 6. The number of carbonyl (C=O) groups is 2. The van der Waals surface area contributed by atoms with Crippen LogP contribution in [0.3, 0.4) is 0 Å². The van der Waals surface area contributed by atoms with Gasteiger partial charge in [0.2, 0.25) is 0 Å². The summed E-state index contributed by atoms with van der Waals surface area (Å²) in [4.78, 5) is 38.7. The molecule has 174 valence electrons. The van der Waals surface area contributed by atoms with Gasteiger partial charge in [0, 0.05) is 30.8 Å². The summed E-state index contributed by atoms with van der Waals surface area (Å²) in [6.07, 6.45) is 3.27. The van der Waals surface area contributed by atoms with E-state index in [1.165, 1.54) is 12.1 Å². The van der Waals surface area contributed by atoms with Crippen molar-refractivity contribution < 1.29 is 18.9 Å². The predicted molar refractivity (Wildman–Crippen MR) is 128 cm³/mol. The van der Waals surface area contributed by atoms with Gasteiger partial charge >= 0.3 is 0 Å². The first kappa shape index (κ1) is 23.0. The summed E-state index contributed by atoms with van der Waals surface area (Å²) in [7, 11) is 0. The fraction of sp³-hybridized carbons (Fsp3) is 0.231. The molecular formula is C26H25N3O5. The highest BCUT2D eigenvalue weighted by Crippen LogP contribution is 2.31. The number of likely N-dealkylation sites (tertiary alicyclic amines) is 1. The maximum atomic E-state index is 13.3. The van der Waals surface area contributed by atoms with E-state index >= 15 is 0 Å². The second kappa shape index (κ2) is 10.2. The lowest BCUT2D eigenvalue weighted by Crippen LogP contribution is -2.42. The summed E-state index contributed by atoms with van der Waals surface area (Å²) in [5, 5.41) is 14.1. The van der Waals surface area contributed by atoms with Crippen LogP contribution in [0.5, 0.6) is 0 Å². The molecule has 1 saturated heterocycles. The van der Waals surface area contributed by atoms with Crippen molar-refractivity contribution in [2.75, 3.05) is 13.1 Å². The minimum absolute atomic E-state index is 0.0801. The van der Waals surface area contributed by atoms with E-state index in [0.717, 1.165) is 12.8 Å². The minimum Gasteiger partial charge on any atom is -0.456 e. The zero-order valence-corrected chi connectivity index (χ0v) is 18.8. The highest BCUT2D eigenvalue weighted by Gasteiger charge is 2.25. The standard InChI is InChI=1S/C26H25N3O5/c1-18-13-15-28(16-14-18)26(31)22(27-25(30)19-7-3-2-4-8-19)17-20-11-12-24(34-20)21-9-5-6-10-23(21)29(32)33/h2-12,17-18H,13-16H2,1H3,(H,27,30). The van der Waals surface area contributed by atoms with Crippen molar-refractivity contribution in [1.82, 2.24) is 10.2 Å². The van der Waals surface area contributed by atoms with E-state index in [0.29, 0.717) is 41.7 Å². The summed E-state index contributed by atoms with van der Waals surface area (Å²) >= 11 is 0. The summed E-state index contributed by atoms with van der Waals surface area (Å²) in [6.45, 7) is 3.37. The number of para-hydroxylation sites is 1. The maximum Gasteiger partial charge on any atom is 0.280 e. The number of nitrogens with one attached hydrogen (secondary N) is 1. The van der Waals surface area contributed by atoms with Gasteiger partial charge in [0.15, 0.2) is 0 Å². The van der Waals surface area contributed by atoms with E-state index in [2.05, 4.69) is 12.2 Å². The van der Waals surface area contributed by atoms with Gasteiger partial charge in [-0.05, 0) is 49.1 Å². The van der Waals surface area contributed by atoms with Gasteiger partial charge in [0.1, 0.15) is 17.2 Å². The zero-order valence-electron chi connectivity index (χ0n) is 18.8. The van der Waals surface area contributed by atoms with Gasteiger partial charge < -0.3 is 14.6 Å². The first-order valence-corrected chi connectivity index (χ1v) is 11.1. The lowest BCUT2D eigenvalue weighted by Gasteiger charge is -2.31. The molecule has 3 aromatic rings. The van der Waals surface area contributed by atoms with Gasteiger partial charge in [-0.25, -0.2) is 0 Å². The number of hydrogen-bond donors (Lipinski definition) is 1. The molecular weight excluding hydrogens is 434 g/mol. The molecule has 1 aliphatic rings. The molecule has 1 fully saturated rings. The van der Waals surface area contributed by atoms with Gasteiger partial charge in [0.25, 0.3) is 17.5 Å². The lowest BCUT2D eigenvalue weighted by molar-refractivity contribution is -0.384. The molecule has 4 rings (SSSR count). The molecule has 1 aromatic heterocycles. The van der Waals surface area contributed by atoms with Crippen molar-refractivity contribution >= 4 is 23.6 Å². The molecule has 0 unspecified atom stereocenters. The molecule has 1 aliphatic heterocycles. The third-order valence-corrected chi connectivity index (χ3v) is 5.87. The van der Waals surface area contributed by atoms with Gasteiger partial charge in [-0.3, -0.25) is 19.7 Å². The number of nitrogens with zero attached hydrogens (tertiary/aromatic N) is 2. The SMILES string of the molecule is CC1CCN(C(=O)C(=Cc2ccc(-c3ccccc3[N+](=O)[O-])o2)NC(=O)c2ccccc2)CC1. The normalized spacial score (nSPS) is 14.6. The van der Waals surface area contributed by atoms with Crippen LogP contribution >= 0.6 is 0 Å². The second-order valence-electron chi connectivity index (χ2n) is 8.33. The highest BCUT2D eigenvalue weighted by molar-refractivity contribution is 6.05. The number of amides is 2. The smallest absolute Gasteiger partial charge is 0.280 e. The molecule has 8 nitrogen and oxygen atoms in total. The molecule has 0 spiro atoms. The first-order chi connectivity index (χ1) is 16.4. The molecule has 2 heterocycles. The summed E-state index contributed by atoms with van der Waals surface area (Å²) < 4.78 is 5.83. The topological polar surface area (TPSA) is 106 Å². The predicted octanol–water partition coefficient (Wildman–Crippen LogP) is 4.88. The Morgan fingerprint density at radius 1 is 1.03 bits per heavy atom. The average molecular weight is 460 g/mol. The molecule has 8 heteroatoms. The van der Waals surface area contributed by atoms with Crippen molar-refractivity contribution in [1.29, 1.82) is 0 Å². The Morgan fingerprint density at radius 3 is 2.41 bits per heavy atom. The quantitative estimate of drug-likeness (QED) is 0.321. The number of piperidine rings is 1. The summed E-state index contributed by atoms with van der Waals surface area (Å²) in [5.41, 5.74) is 0.766. The zero-order chi connectivity index (χ0) is 24.1. The molecule has 0 aliphatic carbocycles. The molecule has 2 aromatic carbocycles. The van der Waals surface area contributed by atoms with Gasteiger partial charge in [-0.1, -0.05) is 37.3 Å². The van der Waals surface area contributed by atoms with E-state index in [1.54, 1.807) is 65.6 Å². The van der Waals surface area contributed by atoms with Gasteiger partial charge in [-0.15, -0.1) is 0 Å². The van der Waals surface area contributed by atoms with Gasteiger partial charge in [-0.2, -0.15) is 0 Å².